The van der Waals surface area contributed by atoms with Crippen LogP contribution in [-0.4, -0.2) is 35.7 Å². The number of fused-ring (bicyclic) bond motifs is 1. The number of hydrogen-bond donors (Lipinski definition) is 1. The lowest BCUT2D eigenvalue weighted by atomic mass is 10.1. The maximum Gasteiger partial charge on any atom is 0.346 e. The van der Waals surface area contributed by atoms with Crippen molar-refractivity contribution in [2.24, 2.45) is 4.99 Å². The molecule has 32 heavy (non-hydrogen) atoms. The lowest BCUT2D eigenvalue weighted by Crippen LogP contribution is -2.38. The molecule has 10 heteroatoms. The lowest BCUT2D eigenvalue weighted by molar-refractivity contribution is -0.114. The number of methoxy groups -OCH3 is 1. The highest BCUT2D eigenvalue weighted by Gasteiger charge is 2.34. The maximum atomic E-state index is 13.9. The number of nitrogens with zero attached hydrogens (tertiary/aromatic N) is 2. The smallest absolute Gasteiger partial charge is 0.346 e. The molecule has 4 rings (SSSR count). The summed E-state index contributed by atoms with van der Waals surface area (Å²) in [6, 6.07) is 8.52. The highest BCUT2D eigenvalue weighted by atomic mass is 79.9. The van der Waals surface area contributed by atoms with Crippen molar-refractivity contribution in [2.75, 3.05) is 7.11 Å². The van der Waals surface area contributed by atoms with E-state index in [2.05, 4.69) is 20.9 Å². The van der Waals surface area contributed by atoms with E-state index >= 15 is 0 Å². The van der Waals surface area contributed by atoms with E-state index in [9.17, 15) is 14.0 Å². The van der Waals surface area contributed by atoms with Crippen LogP contribution in [0.15, 0.2) is 63.3 Å². The number of hydrogen-bond acceptors (Lipinski definition) is 6. The minimum atomic E-state index is -0.895. The third-order valence-corrected chi connectivity index (χ3v) is 5.12. The van der Waals surface area contributed by atoms with Crippen molar-refractivity contribution in [3.63, 3.8) is 0 Å². The van der Waals surface area contributed by atoms with Gasteiger partial charge in [-0.25, -0.2) is 9.18 Å². The first-order chi connectivity index (χ1) is 15.3. The number of allylic oxidation sites excluding steroid dienone is 1. The van der Waals surface area contributed by atoms with Crippen LogP contribution in [0, 0.1) is 11.2 Å². The Morgan fingerprint density at radius 1 is 1.31 bits per heavy atom. The third-order valence-electron chi connectivity index (χ3n) is 4.53. The minimum Gasteiger partial charge on any atom is -0.493 e. The molecule has 2 aromatic rings. The van der Waals surface area contributed by atoms with Gasteiger partial charge in [0.15, 0.2) is 23.2 Å². The molecule has 1 N–H and O–H groups in total. The van der Waals surface area contributed by atoms with Crippen LogP contribution in [0.2, 0.25) is 0 Å². The molecular formula is C22H15BrFN3O5. The van der Waals surface area contributed by atoms with Crippen molar-refractivity contribution in [3.8, 4) is 11.5 Å². The van der Waals surface area contributed by atoms with Gasteiger partial charge in [-0.1, -0.05) is 12.1 Å². The average molecular weight is 500 g/mol. The highest BCUT2D eigenvalue weighted by Crippen LogP contribution is 2.38. The molecule has 0 bridgehead atoms. The zero-order chi connectivity index (χ0) is 23.0. The third kappa shape index (κ3) is 3.92. The zero-order valence-corrected chi connectivity index (χ0v) is 18.4. The predicted octanol–water partition coefficient (Wildman–Crippen LogP) is 4.27. The van der Waals surface area contributed by atoms with Gasteiger partial charge in [0.1, 0.15) is 11.6 Å². The molecule has 0 fully saturated rings. The van der Waals surface area contributed by atoms with Crippen molar-refractivity contribution in [3.05, 3.63) is 75.2 Å². The van der Waals surface area contributed by atoms with E-state index in [0.29, 0.717) is 15.8 Å². The van der Waals surface area contributed by atoms with Gasteiger partial charge in [-0.3, -0.25) is 10.2 Å². The van der Waals surface area contributed by atoms with E-state index < -0.39 is 17.7 Å². The van der Waals surface area contributed by atoms with Crippen LogP contribution in [0.3, 0.4) is 0 Å². The number of hydroxylamine groups is 2. The topological polar surface area (TPSA) is 101 Å². The molecular weight excluding hydrogens is 485 g/mol. The van der Waals surface area contributed by atoms with E-state index in [1.54, 1.807) is 19.1 Å². The molecule has 0 radical (unpaired) electrons. The number of carbonyl (C=O) groups is 2. The molecule has 162 valence electrons. The van der Waals surface area contributed by atoms with Gasteiger partial charge in [0, 0.05) is 6.08 Å². The van der Waals surface area contributed by atoms with E-state index in [1.807, 2.05) is 0 Å². The monoisotopic (exact) mass is 499 g/mol. The van der Waals surface area contributed by atoms with Crippen molar-refractivity contribution in [1.29, 1.82) is 5.41 Å². The number of nitrogens with one attached hydrogen (secondary N) is 1. The quantitative estimate of drug-likeness (QED) is 0.383. The Kier molecular flexibility index (Phi) is 5.62. The molecule has 1 amide bonds. The van der Waals surface area contributed by atoms with Gasteiger partial charge in [-0.15, -0.1) is 5.06 Å². The van der Waals surface area contributed by atoms with Crippen molar-refractivity contribution in [2.45, 2.75) is 6.92 Å². The average Bonchev–Trinajstić information content (AvgIpc) is 3.13. The largest absolute Gasteiger partial charge is 0.493 e. The van der Waals surface area contributed by atoms with Crippen molar-refractivity contribution < 1.29 is 28.3 Å². The molecule has 0 unspecified atom stereocenters. The van der Waals surface area contributed by atoms with E-state index in [-0.39, 0.29) is 34.3 Å². The summed E-state index contributed by atoms with van der Waals surface area (Å²) in [5.74, 6) is -1.43. The van der Waals surface area contributed by atoms with Gasteiger partial charge in [0.2, 0.25) is 0 Å². The first kappa shape index (κ1) is 21.4. The van der Waals surface area contributed by atoms with Crippen LogP contribution in [0.4, 0.5) is 4.39 Å². The number of esters is 1. The summed E-state index contributed by atoms with van der Waals surface area (Å²) in [5, 5.41) is 9.45. The summed E-state index contributed by atoms with van der Waals surface area (Å²) >= 11 is 3.32. The first-order valence-electron chi connectivity index (χ1n) is 9.22. The van der Waals surface area contributed by atoms with Crippen LogP contribution in [0.5, 0.6) is 11.5 Å². The van der Waals surface area contributed by atoms with E-state index in [1.165, 1.54) is 37.5 Å². The summed E-state index contributed by atoms with van der Waals surface area (Å²) in [6.07, 6.45) is 3.00. The highest BCUT2D eigenvalue weighted by molar-refractivity contribution is 9.10. The SMILES string of the molecule is COc1cc(/C=C2\C(=N)N3OC(C)=CC3=NC2=O)cc(Br)c1OC(=O)c1ccccc1F. The Labute approximate surface area is 190 Å². The number of amidine groups is 2. The Hall–Kier alpha value is -3.79. The minimum absolute atomic E-state index is 0.00176. The Balaban J connectivity index is 1.66. The zero-order valence-electron chi connectivity index (χ0n) is 16.8. The fraction of sp³-hybridized carbons (Fsp3) is 0.0909. The summed E-state index contributed by atoms with van der Waals surface area (Å²) in [7, 11) is 1.37. The van der Waals surface area contributed by atoms with Crippen LogP contribution in [0.1, 0.15) is 22.8 Å². The standard InChI is InChI=1S/C22H15BrFN3O5/c1-11-7-18-26-21(28)14(20(25)27(18)32-11)8-12-9-15(23)19(17(10-12)30-2)31-22(29)13-5-3-4-6-16(13)24/h3-10,25H,1-2H3/b14-8+,25-20?. The molecule has 0 aliphatic carbocycles. The van der Waals surface area contributed by atoms with Crippen LogP contribution in [-0.2, 0) is 9.63 Å². The number of amides is 1. The lowest BCUT2D eigenvalue weighted by Gasteiger charge is -2.23. The molecule has 0 atom stereocenters. The Morgan fingerprint density at radius 2 is 2.06 bits per heavy atom. The van der Waals surface area contributed by atoms with Gasteiger partial charge < -0.3 is 14.3 Å². The van der Waals surface area contributed by atoms with Crippen molar-refractivity contribution in [1.82, 2.24) is 5.06 Å². The maximum absolute atomic E-state index is 13.9. The number of carbonyl (C=O) groups excluding carboxylic acids is 2. The van der Waals surface area contributed by atoms with Gasteiger partial charge in [0.05, 0.1) is 22.7 Å². The summed E-state index contributed by atoms with van der Waals surface area (Å²) < 4.78 is 24.9. The van der Waals surface area contributed by atoms with Gasteiger partial charge in [-0.2, -0.15) is 4.99 Å². The molecule has 0 aromatic heterocycles. The van der Waals surface area contributed by atoms with Crippen LogP contribution < -0.4 is 9.47 Å². The normalized spacial score (nSPS) is 16.4. The molecule has 0 spiro atoms. The Morgan fingerprint density at radius 3 is 2.78 bits per heavy atom. The van der Waals surface area contributed by atoms with Gasteiger partial charge in [-0.05, 0) is 58.8 Å². The summed E-state index contributed by atoms with van der Waals surface area (Å²) in [4.78, 5) is 34.2. The second-order valence-electron chi connectivity index (χ2n) is 6.73. The number of aliphatic imine (C=N–C) groups is 1. The fourth-order valence-electron chi connectivity index (χ4n) is 3.06. The van der Waals surface area contributed by atoms with Gasteiger partial charge >= 0.3 is 5.97 Å². The second kappa shape index (κ2) is 8.39. The first-order valence-corrected chi connectivity index (χ1v) is 10.0. The fourth-order valence-corrected chi connectivity index (χ4v) is 3.60. The van der Waals surface area contributed by atoms with Crippen LogP contribution >= 0.6 is 15.9 Å². The second-order valence-corrected chi connectivity index (χ2v) is 7.58. The molecule has 2 aromatic carbocycles. The van der Waals surface area contributed by atoms with Gasteiger partial charge in [0.25, 0.3) is 5.91 Å². The molecule has 0 saturated heterocycles. The number of rotatable bonds is 4. The molecule has 2 aliphatic rings. The molecule has 8 nitrogen and oxygen atoms in total. The number of benzene rings is 2. The molecule has 2 aliphatic heterocycles. The van der Waals surface area contributed by atoms with Crippen LogP contribution in [0.25, 0.3) is 6.08 Å². The number of halogens is 2. The summed E-state index contributed by atoms with van der Waals surface area (Å²) in [5.41, 5.74) is 0.244. The summed E-state index contributed by atoms with van der Waals surface area (Å²) in [6.45, 7) is 1.69. The number of ether oxygens (including phenoxy) is 2. The molecule has 2 heterocycles. The Bertz CT molecular complexity index is 1270. The van der Waals surface area contributed by atoms with E-state index in [4.69, 9.17) is 19.7 Å². The van der Waals surface area contributed by atoms with E-state index in [0.717, 1.165) is 11.1 Å². The molecule has 0 saturated carbocycles. The predicted molar refractivity (Wildman–Crippen MR) is 117 cm³/mol. The van der Waals surface area contributed by atoms with Crippen molar-refractivity contribution >= 4 is 45.6 Å².